The van der Waals surface area contributed by atoms with Gasteiger partial charge in [0.2, 0.25) is 5.78 Å². The summed E-state index contributed by atoms with van der Waals surface area (Å²) in [5.74, 6) is 0.532. The van der Waals surface area contributed by atoms with Gasteiger partial charge in [-0.3, -0.25) is 9.59 Å². The lowest BCUT2D eigenvalue weighted by atomic mass is 10.0. The van der Waals surface area contributed by atoms with Crippen molar-refractivity contribution in [1.29, 1.82) is 0 Å². The van der Waals surface area contributed by atoms with E-state index in [1.807, 2.05) is 74.5 Å². The first-order valence-electron chi connectivity index (χ1n) is 12.4. The van der Waals surface area contributed by atoms with Crippen LogP contribution in [0.25, 0.3) is 5.82 Å². The number of nitrogens with zero attached hydrogens (tertiary/aromatic N) is 4. The Kier molecular flexibility index (Phi) is 8.63. The molecule has 1 heterocycles. The van der Waals surface area contributed by atoms with Gasteiger partial charge in [-0.1, -0.05) is 60.7 Å². The molecule has 0 radical (unpaired) electrons. The van der Waals surface area contributed by atoms with Gasteiger partial charge in [0.25, 0.3) is 0 Å². The van der Waals surface area contributed by atoms with Crippen LogP contribution in [0.1, 0.15) is 66.7 Å². The van der Waals surface area contributed by atoms with E-state index < -0.39 is 0 Å². The summed E-state index contributed by atoms with van der Waals surface area (Å²) in [6.45, 7) is 15.0. The molecule has 3 aromatic rings. The number of Topliss-reactive ketones (excluding diaryl/α,β-unsaturated/α-hetero) is 1. The molecule has 35 heavy (non-hydrogen) atoms. The number of aromatic nitrogens is 2. The molecular weight excluding hydrogens is 436 g/mol. The van der Waals surface area contributed by atoms with E-state index in [1.54, 1.807) is 4.68 Å². The summed E-state index contributed by atoms with van der Waals surface area (Å²) in [6, 6.07) is 18.5. The van der Waals surface area contributed by atoms with Crippen molar-refractivity contribution in [2.45, 2.75) is 41.5 Å². The van der Waals surface area contributed by atoms with Crippen molar-refractivity contribution in [3.05, 3.63) is 88.8 Å². The lowest BCUT2D eigenvalue weighted by Gasteiger charge is -2.27. The second-order valence-electron chi connectivity index (χ2n) is 8.38. The number of hydrogen-bond donors (Lipinski definition) is 0. The highest BCUT2D eigenvalue weighted by Gasteiger charge is 2.29. The Labute approximate surface area is 208 Å². The van der Waals surface area contributed by atoms with Crippen LogP contribution in [-0.4, -0.2) is 52.4 Å². The average Bonchev–Trinajstić information content (AvgIpc) is 3.24. The number of carbonyl (C=O) groups is 2. The highest BCUT2D eigenvalue weighted by Crippen LogP contribution is 2.31. The van der Waals surface area contributed by atoms with Gasteiger partial charge in [0.1, 0.15) is 5.82 Å². The number of carbonyl (C=O) groups excluding carboxylic acids is 2. The van der Waals surface area contributed by atoms with Gasteiger partial charge in [0.05, 0.1) is 11.4 Å². The molecule has 6 nitrogen and oxygen atoms in total. The van der Waals surface area contributed by atoms with Crippen LogP contribution in [0.4, 0.5) is 5.69 Å². The molecule has 0 atom stereocenters. The van der Waals surface area contributed by atoms with Crippen molar-refractivity contribution in [3.8, 4) is 0 Å². The summed E-state index contributed by atoms with van der Waals surface area (Å²) in [4.78, 5) is 31.4. The molecule has 0 N–H and O–H groups in total. The molecule has 184 valence electrons. The van der Waals surface area contributed by atoms with Gasteiger partial charge in [-0.15, -0.1) is 0 Å². The lowest BCUT2D eigenvalue weighted by Crippen LogP contribution is -2.29. The summed E-state index contributed by atoms with van der Waals surface area (Å²) in [5.41, 5.74) is 3.88. The monoisotopic (exact) mass is 472 g/mol. The Morgan fingerprint density at radius 2 is 1.31 bits per heavy atom. The van der Waals surface area contributed by atoms with E-state index in [9.17, 15) is 9.59 Å². The number of hydrogen-bond acceptors (Lipinski definition) is 5. The molecule has 2 aromatic carbocycles. The zero-order chi connectivity index (χ0) is 25.5. The summed E-state index contributed by atoms with van der Waals surface area (Å²) in [6.07, 6.45) is 0. The highest BCUT2D eigenvalue weighted by atomic mass is 16.1. The summed E-state index contributed by atoms with van der Waals surface area (Å²) in [7, 11) is 0. The predicted molar refractivity (Wildman–Crippen MR) is 143 cm³/mol. The first-order valence-corrected chi connectivity index (χ1v) is 12.4. The molecule has 0 fully saturated rings. The van der Waals surface area contributed by atoms with Crippen molar-refractivity contribution in [2.24, 2.45) is 0 Å². The highest BCUT2D eigenvalue weighted by molar-refractivity contribution is 6.13. The molecule has 0 saturated heterocycles. The molecular formula is C29H36N4O2. The van der Waals surface area contributed by atoms with Gasteiger partial charge < -0.3 is 9.80 Å². The molecule has 0 bridgehead atoms. The minimum absolute atomic E-state index is 0.0530. The standard InChI is InChI=1S/C29H36N4O2/c1-7-31(8-2)26-22(6)33(30-25(26)28(35)24-19-15-12-16-20-24)29(32(9-3)10-4)21(5)27(34)23-17-13-11-14-18-23/h11-20H,7-10H2,1-6H3. The summed E-state index contributed by atoms with van der Waals surface area (Å²) < 4.78 is 1.80. The molecule has 0 unspecified atom stereocenters. The second kappa shape index (κ2) is 11.6. The van der Waals surface area contributed by atoms with Gasteiger partial charge in [-0.05, 0) is 41.5 Å². The van der Waals surface area contributed by atoms with Gasteiger partial charge in [0, 0.05) is 42.9 Å². The van der Waals surface area contributed by atoms with E-state index in [4.69, 9.17) is 5.10 Å². The van der Waals surface area contributed by atoms with Crippen LogP contribution in [0, 0.1) is 6.92 Å². The number of allylic oxidation sites excluding steroid dienone is 1. The number of anilines is 1. The van der Waals surface area contributed by atoms with Crippen LogP contribution in [-0.2, 0) is 0 Å². The number of benzene rings is 2. The van der Waals surface area contributed by atoms with E-state index in [1.165, 1.54) is 0 Å². The Bertz CT molecular complexity index is 1190. The van der Waals surface area contributed by atoms with Crippen LogP contribution in [0.5, 0.6) is 0 Å². The predicted octanol–water partition coefficient (Wildman–Crippen LogP) is 5.68. The van der Waals surface area contributed by atoms with E-state index in [0.717, 1.165) is 24.5 Å². The van der Waals surface area contributed by atoms with Crippen LogP contribution < -0.4 is 4.90 Å². The normalized spacial score (nSPS) is 11.7. The van der Waals surface area contributed by atoms with Crippen molar-refractivity contribution >= 4 is 23.1 Å². The van der Waals surface area contributed by atoms with E-state index in [2.05, 4.69) is 37.5 Å². The maximum Gasteiger partial charge on any atom is 0.215 e. The van der Waals surface area contributed by atoms with E-state index in [0.29, 0.717) is 41.3 Å². The number of rotatable bonds is 11. The van der Waals surface area contributed by atoms with Crippen LogP contribution >= 0.6 is 0 Å². The minimum Gasteiger partial charge on any atom is -0.369 e. The quantitative estimate of drug-likeness (QED) is 0.265. The van der Waals surface area contributed by atoms with Crippen LogP contribution in [0.3, 0.4) is 0 Å². The summed E-state index contributed by atoms with van der Waals surface area (Å²) >= 11 is 0. The SMILES string of the molecule is CCN(CC)C(=C(C)C(=O)c1ccccc1)n1nc(C(=O)c2ccccc2)c(N(CC)CC)c1C. The molecule has 0 aliphatic heterocycles. The molecule has 0 amide bonds. The van der Waals surface area contributed by atoms with Gasteiger partial charge in [-0.2, -0.15) is 5.10 Å². The lowest BCUT2D eigenvalue weighted by molar-refractivity contribution is 0.102. The summed E-state index contributed by atoms with van der Waals surface area (Å²) in [5, 5.41) is 4.89. The first-order chi connectivity index (χ1) is 16.9. The van der Waals surface area contributed by atoms with Crippen molar-refractivity contribution in [1.82, 2.24) is 14.7 Å². The maximum atomic E-state index is 13.6. The Morgan fingerprint density at radius 1 is 0.800 bits per heavy atom. The molecule has 0 saturated carbocycles. The van der Waals surface area contributed by atoms with E-state index >= 15 is 0 Å². The third-order valence-corrected chi connectivity index (χ3v) is 6.39. The second-order valence-corrected chi connectivity index (χ2v) is 8.38. The fourth-order valence-electron chi connectivity index (χ4n) is 4.46. The largest absolute Gasteiger partial charge is 0.369 e. The molecule has 0 aliphatic carbocycles. The number of ketones is 2. The maximum absolute atomic E-state index is 13.6. The Balaban J connectivity index is 2.29. The van der Waals surface area contributed by atoms with Gasteiger partial charge in [0.15, 0.2) is 11.5 Å². The zero-order valence-electron chi connectivity index (χ0n) is 21.7. The van der Waals surface area contributed by atoms with E-state index in [-0.39, 0.29) is 11.6 Å². The Hall–Kier alpha value is -3.67. The molecule has 0 aliphatic rings. The minimum atomic E-state index is -0.125. The zero-order valence-corrected chi connectivity index (χ0v) is 21.7. The fraction of sp³-hybridized carbons (Fsp3) is 0.345. The molecule has 3 rings (SSSR count). The van der Waals surface area contributed by atoms with Gasteiger partial charge >= 0.3 is 0 Å². The fourth-order valence-corrected chi connectivity index (χ4v) is 4.46. The van der Waals surface area contributed by atoms with Crippen molar-refractivity contribution in [3.63, 3.8) is 0 Å². The smallest absolute Gasteiger partial charge is 0.215 e. The van der Waals surface area contributed by atoms with Crippen LogP contribution in [0.15, 0.2) is 66.2 Å². The van der Waals surface area contributed by atoms with Crippen molar-refractivity contribution < 1.29 is 9.59 Å². The molecule has 0 spiro atoms. The van der Waals surface area contributed by atoms with Crippen molar-refractivity contribution in [2.75, 3.05) is 31.1 Å². The first kappa shape index (κ1) is 25.9. The molecule has 1 aromatic heterocycles. The van der Waals surface area contributed by atoms with Crippen LogP contribution in [0.2, 0.25) is 0 Å². The van der Waals surface area contributed by atoms with Gasteiger partial charge in [-0.25, -0.2) is 4.68 Å². The Morgan fingerprint density at radius 3 is 1.80 bits per heavy atom. The topological polar surface area (TPSA) is 58.4 Å². The third kappa shape index (κ3) is 5.21. The molecule has 6 heteroatoms. The third-order valence-electron chi connectivity index (χ3n) is 6.39. The average molecular weight is 473 g/mol.